The van der Waals surface area contributed by atoms with E-state index in [4.69, 9.17) is 26.2 Å². The van der Waals surface area contributed by atoms with Gasteiger partial charge in [0, 0.05) is 25.7 Å². The molecule has 3 rings (SSSR count). The van der Waals surface area contributed by atoms with Gasteiger partial charge >= 0.3 is 0 Å². The third-order valence-electron chi connectivity index (χ3n) is 5.27. The Labute approximate surface area is 196 Å². The Balaban J connectivity index is 1.96. The zero-order valence-corrected chi connectivity index (χ0v) is 20.5. The van der Waals surface area contributed by atoms with E-state index in [9.17, 15) is 0 Å². The molecule has 0 saturated carbocycles. The van der Waals surface area contributed by atoms with Crippen LogP contribution >= 0.6 is 0 Å². The van der Waals surface area contributed by atoms with Gasteiger partial charge in [-0.1, -0.05) is 12.1 Å². The van der Waals surface area contributed by atoms with Gasteiger partial charge in [-0.15, -0.1) is 0 Å². The first kappa shape index (κ1) is 24.4. The minimum Gasteiger partial charge on any atom is -0.497 e. The number of rotatable bonds is 8. The van der Waals surface area contributed by atoms with Crippen LogP contribution in [0.1, 0.15) is 39.7 Å². The Morgan fingerprint density at radius 3 is 2.55 bits per heavy atom. The van der Waals surface area contributed by atoms with Crippen molar-refractivity contribution >= 4 is 29.1 Å². The minimum atomic E-state index is -0.209. The molecule has 0 aliphatic carbocycles. The lowest BCUT2D eigenvalue weighted by Crippen LogP contribution is -2.37. The number of hydrogen-bond acceptors (Lipinski definition) is 9. The number of aliphatic imine (C=N–C) groups is 1. The lowest BCUT2D eigenvalue weighted by atomic mass is 10.1. The van der Waals surface area contributed by atoms with E-state index >= 15 is 0 Å². The Morgan fingerprint density at radius 1 is 1.27 bits per heavy atom. The Hall–Kier alpha value is -3.27. The van der Waals surface area contributed by atoms with Gasteiger partial charge in [0.25, 0.3) is 0 Å². The van der Waals surface area contributed by atoms with Crippen LogP contribution in [0.5, 0.6) is 5.75 Å². The van der Waals surface area contributed by atoms with Gasteiger partial charge in [0.1, 0.15) is 11.4 Å². The molecule has 0 spiro atoms. The highest BCUT2D eigenvalue weighted by Crippen LogP contribution is 2.34. The van der Waals surface area contributed by atoms with E-state index in [1.807, 2.05) is 43.2 Å². The van der Waals surface area contributed by atoms with Gasteiger partial charge in [0.15, 0.2) is 11.6 Å². The molecule has 180 valence electrons. The quantitative estimate of drug-likeness (QED) is 0.269. The van der Waals surface area contributed by atoms with Crippen LogP contribution < -0.4 is 36.9 Å². The van der Waals surface area contributed by atoms with Crippen molar-refractivity contribution in [1.82, 2.24) is 15.4 Å². The molecule has 1 fully saturated rings. The normalized spacial score (nSPS) is 16.7. The lowest BCUT2D eigenvalue weighted by molar-refractivity contribution is 0.414. The number of aromatic nitrogens is 2. The average Bonchev–Trinajstić information content (AvgIpc) is 3.20. The SMILES string of the molecule is CNN(Cc1ccc(OC)cc1)c1nc(NC(C)(C)C)nc(N2CC[C@H](N=C(C)N)C2)c1N. The second kappa shape index (κ2) is 10.1. The highest BCUT2D eigenvalue weighted by atomic mass is 16.5. The van der Waals surface area contributed by atoms with Crippen molar-refractivity contribution in [3.63, 3.8) is 0 Å². The largest absolute Gasteiger partial charge is 0.497 e. The fourth-order valence-corrected chi connectivity index (χ4v) is 3.79. The van der Waals surface area contributed by atoms with Crippen LogP contribution in [0.15, 0.2) is 29.3 Å². The minimum absolute atomic E-state index is 0.131. The monoisotopic (exact) mass is 455 g/mol. The number of anilines is 4. The molecule has 33 heavy (non-hydrogen) atoms. The molecule has 1 atom stereocenters. The molecule has 0 bridgehead atoms. The predicted octanol–water partition coefficient (Wildman–Crippen LogP) is 2.37. The van der Waals surface area contributed by atoms with Gasteiger partial charge in [0.2, 0.25) is 5.95 Å². The Bertz CT molecular complexity index is 965. The van der Waals surface area contributed by atoms with Crippen LogP contribution in [0, 0.1) is 0 Å². The number of nitrogens with zero attached hydrogens (tertiary/aromatic N) is 5. The maximum absolute atomic E-state index is 6.66. The first-order valence-corrected chi connectivity index (χ1v) is 11.2. The number of benzene rings is 1. The summed E-state index contributed by atoms with van der Waals surface area (Å²) in [6.07, 6.45) is 0.900. The number of hydrazine groups is 1. The fraction of sp³-hybridized carbons (Fsp3) is 0.522. The summed E-state index contributed by atoms with van der Waals surface area (Å²) in [6, 6.07) is 8.05. The van der Waals surface area contributed by atoms with E-state index < -0.39 is 0 Å². The standard InChI is InChI=1S/C23H37N9O/c1-15(24)27-17-11-12-31(14-17)20-19(25)21(29-22(28-20)30-23(2,3)4)32(26-5)13-16-7-9-18(33-6)10-8-16/h7-10,17,26H,11-14,25H2,1-6H3,(H2,24,27)(H,28,29,30)/t17-/m0/s1. The smallest absolute Gasteiger partial charge is 0.227 e. The van der Waals surface area contributed by atoms with Gasteiger partial charge < -0.3 is 26.4 Å². The van der Waals surface area contributed by atoms with Crippen molar-refractivity contribution in [2.24, 2.45) is 10.7 Å². The maximum Gasteiger partial charge on any atom is 0.227 e. The highest BCUT2D eigenvalue weighted by molar-refractivity contribution is 5.79. The van der Waals surface area contributed by atoms with E-state index in [0.717, 1.165) is 24.3 Å². The maximum atomic E-state index is 6.66. The van der Waals surface area contributed by atoms with Crippen molar-refractivity contribution in [2.45, 2.75) is 52.2 Å². The predicted molar refractivity (Wildman–Crippen MR) is 136 cm³/mol. The lowest BCUT2D eigenvalue weighted by Gasteiger charge is -2.29. The first-order valence-electron chi connectivity index (χ1n) is 11.2. The molecule has 2 aromatic rings. The number of amidine groups is 1. The molecular weight excluding hydrogens is 418 g/mol. The molecule has 0 radical (unpaired) electrons. The van der Waals surface area contributed by atoms with Gasteiger partial charge in [-0.2, -0.15) is 9.97 Å². The molecule has 10 nitrogen and oxygen atoms in total. The van der Waals surface area contributed by atoms with E-state index in [1.165, 1.54) is 0 Å². The van der Waals surface area contributed by atoms with Gasteiger partial charge in [-0.25, -0.2) is 5.43 Å². The summed E-state index contributed by atoms with van der Waals surface area (Å²) >= 11 is 0. The van der Waals surface area contributed by atoms with Crippen molar-refractivity contribution in [3.8, 4) is 5.75 Å². The van der Waals surface area contributed by atoms with Crippen molar-refractivity contribution < 1.29 is 4.74 Å². The summed E-state index contributed by atoms with van der Waals surface area (Å²) in [5.74, 6) is 3.25. The van der Waals surface area contributed by atoms with E-state index in [2.05, 4.69) is 41.4 Å². The Morgan fingerprint density at radius 2 is 1.97 bits per heavy atom. The van der Waals surface area contributed by atoms with Crippen LogP contribution in [-0.4, -0.2) is 54.6 Å². The zero-order valence-electron chi connectivity index (χ0n) is 20.5. The fourth-order valence-electron chi connectivity index (χ4n) is 3.79. The molecule has 1 saturated heterocycles. The van der Waals surface area contributed by atoms with Crippen molar-refractivity contribution in [2.75, 3.05) is 48.2 Å². The topological polar surface area (TPSA) is 130 Å². The number of nitrogen functional groups attached to an aromatic ring is 1. The number of hydrogen-bond donors (Lipinski definition) is 4. The molecule has 1 aliphatic heterocycles. The molecule has 2 heterocycles. The summed E-state index contributed by atoms with van der Waals surface area (Å²) in [5.41, 5.74) is 17.1. The van der Waals surface area contributed by atoms with Gasteiger partial charge in [-0.05, 0) is 51.8 Å². The van der Waals surface area contributed by atoms with Crippen LogP contribution in [-0.2, 0) is 6.54 Å². The molecule has 10 heteroatoms. The van der Waals surface area contributed by atoms with Gasteiger partial charge in [-0.3, -0.25) is 10.0 Å². The molecule has 6 N–H and O–H groups in total. The number of nitrogens with two attached hydrogens (primary N) is 2. The summed E-state index contributed by atoms with van der Waals surface area (Å²) in [4.78, 5) is 16.3. The Kier molecular flexibility index (Phi) is 7.47. The molecule has 0 unspecified atom stereocenters. The van der Waals surface area contributed by atoms with Crippen molar-refractivity contribution in [1.29, 1.82) is 0 Å². The first-order chi connectivity index (χ1) is 15.6. The summed E-state index contributed by atoms with van der Waals surface area (Å²) in [7, 11) is 3.51. The second-order valence-corrected chi connectivity index (χ2v) is 9.30. The van der Waals surface area contributed by atoms with Crippen molar-refractivity contribution in [3.05, 3.63) is 29.8 Å². The van der Waals surface area contributed by atoms with E-state index in [0.29, 0.717) is 42.2 Å². The molecule has 1 aliphatic rings. The molecule has 0 amide bonds. The van der Waals surface area contributed by atoms with E-state index in [1.54, 1.807) is 7.11 Å². The highest BCUT2D eigenvalue weighted by Gasteiger charge is 2.28. The van der Waals surface area contributed by atoms with E-state index in [-0.39, 0.29) is 11.6 Å². The second-order valence-electron chi connectivity index (χ2n) is 9.30. The summed E-state index contributed by atoms with van der Waals surface area (Å²) in [5, 5.41) is 5.31. The van der Waals surface area contributed by atoms with Crippen LogP contribution in [0.25, 0.3) is 0 Å². The number of ether oxygens (including phenoxy) is 1. The van der Waals surface area contributed by atoms with Crippen LogP contribution in [0.4, 0.5) is 23.3 Å². The number of methoxy groups -OCH3 is 1. The summed E-state index contributed by atoms with van der Waals surface area (Å²) < 4.78 is 5.27. The van der Waals surface area contributed by atoms with Crippen LogP contribution in [0.2, 0.25) is 0 Å². The molecule has 1 aromatic heterocycles. The average molecular weight is 456 g/mol. The third kappa shape index (κ3) is 6.38. The zero-order chi connectivity index (χ0) is 24.2. The third-order valence-corrected chi connectivity index (χ3v) is 5.27. The molecular formula is C23H37N9O. The van der Waals surface area contributed by atoms with Gasteiger partial charge in [0.05, 0.1) is 25.5 Å². The number of nitrogens with one attached hydrogen (secondary N) is 2. The van der Waals surface area contributed by atoms with Crippen LogP contribution in [0.3, 0.4) is 0 Å². The summed E-state index contributed by atoms with van der Waals surface area (Å²) in [6.45, 7) is 10.1. The molecule has 1 aromatic carbocycles.